The zero-order valence-corrected chi connectivity index (χ0v) is 9.59. The molecule has 1 aromatic heterocycles. The molecule has 88 valence electrons. The van der Waals surface area contributed by atoms with Gasteiger partial charge in [0.2, 0.25) is 0 Å². The van der Waals surface area contributed by atoms with E-state index in [1.807, 2.05) is 18.2 Å². The summed E-state index contributed by atoms with van der Waals surface area (Å²) in [5, 5.41) is 1.81. The average molecular weight is 230 g/mol. The molecule has 1 unspecified atom stereocenters. The van der Waals surface area contributed by atoms with Gasteiger partial charge in [-0.1, -0.05) is 18.2 Å². The largest absolute Gasteiger partial charge is 0.383 e. The zero-order chi connectivity index (χ0) is 12.3. The summed E-state index contributed by atoms with van der Waals surface area (Å²) in [5.74, 6) is -0.120. The van der Waals surface area contributed by atoms with Gasteiger partial charge in [-0.15, -0.1) is 0 Å². The number of benzene rings is 1. The minimum absolute atomic E-state index is 0.120. The molecule has 1 aromatic carbocycles. The van der Waals surface area contributed by atoms with Crippen LogP contribution in [0.4, 0.5) is 0 Å². The van der Waals surface area contributed by atoms with Crippen LogP contribution in [-0.2, 0) is 4.74 Å². The summed E-state index contributed by atoms with van der Waals surface area (Å²) in [5.41, 5.74) is 6.35. The van der Waals surface area contributed by atoms with E-state index in [-0.39, 0.29) is 12.4 Å². The lowest BCUT2D eigenvalue weighted by molar-refractivity contribution is 0.0894. The Labute approximate surface area is 99.4 Å². The van der Waals surface area contributed by atoms with Crippen LogP contribution in [0.2, 0.25) is 0 Å². The first-order valence-corrected chi connectivity index (χ1v) is 5.35. The van der Waals surface area contributed by atoms with Gasteiger partial charge in [0.1, 0.15) is 0 Å². The standard InChI is InChI=1S/C13H14N2O2/c1-17-8-12(14)13(16)10-4-2-3-9-5-6-15-7-11(9)10/h2-7,12H,8,14H2,1H3. The number of methoxy groups -OCH3 is 1. The Kier molecular flexibility index (Phi) is 3.46. The Morgan fingerprint density at radius 2 is 2.29 bits per heavy atom. The number of nitrogens with two attached hydrogens (primary N) is 1. The van der Waals surface area contributed by atoms with E-state index in [0.717, 1.165) is 10.8 Å². The van der Waals surface area contributed by atoms with Crippen molar-refractivity contribution in [3.05, 3.63) is 42.2 Å². The molecule has 4 heteroatoms. The highest BCUT2D eigenvalue weighted by molar-refractivity contribution is 6.10. The van der Waals surface area contributed by atoms with Crippen LogP contribution in [-0.4, -0.2) is 30.5 Å². The summed E-state index contributed by atoms with van der Waals surface area (Å²) < 4.78 is 4.90. The normalized spacial score (nSPS) is 12.6. The molecular weight excluding hydrogens is 216 g/mol. The topological polar surface area (TPSA) is 65.2 Å². The third kappa shape index (κ3) is 2.33. The molecule has 0 aliphatic carbocycles. The second-order valence-corrected chi connectivity index (χ2v) is 3.83. The average Bonchev–Trinajstić information content (AvgIpc) is 2.37. The SMILES string of the molecule is COCC(N)C(=O)c1cccc2ccncc12. The fourth-order valence-electron chi connectivity index (χ4n) is 1.78. The van der Waals surface area contributed by atoms with Crippen LogP contribution in [0, 0.1) is 0 Å². The highest BCUT2D eigenvalue weighted by Crippen LogP contribution is 2.18. The molecule has 0 amide bonds. The zero-order valence-electron chi connectivity index (χ0n) is 9.59. The Morgan fingerprint density at radius 3 is 3.06 bits per heavy atom. The van der Waals surface area contributed by atoms with Crippen LogP contribution in [0.15, 0.2) is 36.7 Å². The van der Waals surface area contributed by atoms with Gasteiger partial charge in [-0.2, -0.15) is 0 Å². The first-order chi connectivity index (χ1) is 8.24. The molecule has 0 spiro atoms. The fourth-order valence-corrected chi connectivity index (χ4v) is 1.78. The van der Waals surface area contributed by atoms with Crippen molar-refractivity contribution < 1.29 is 9.53 Å². The van der Waals surface area contributed by atoms with Crippen molar-refractivity contribution in [3.63, 3.8) is 0 Å². The summed E-state index contributed by atoms with van der Waals surface area (Å²) in [6.07, 6.45) is 3.38. The highest BCUT2D eigenvalue weighted by atomic mass is 16.5. The molecular formula is C13H14N2O2. The first kappa shape index (κ1) is 11.7. The molecule has 1 heterocycles. The number of pyridine rings is 1. The number of fused-ring (bicyclic) bond motifs is 1. The van der Waals surface area contributed by atoms with E-state index < -0.39 is 6.04 Å². The second kappa shape index (κ2) is 5.03. The third-order valence-electron chi connectivity index (χ3n) is 2.63. The molecule has 0 saturated heterocycles. The van der Waals surface area contributed by atoms with Crippen LogP contribution >= 0.6 is 0 Å². The number of nitrogens with zero attached hydrogens (tertiary/aromatic N) is 1. The monoisotopic (exact) mass is 230 g/mol. The molecule has 0 aliphatic rings. The van der Waals surface area contributed by atoms with Gasteiger partial charge in [0.25, 0.3) is 0 Å². The van der Waals surface area contributed by atoms with Gasteiger partial charge >= 0.3 is 0 Å². The summed E-state index contributed by atoms with van der Waals surface area (Å²) in [7, 11) is 1.53. The lowest BCUT2D eigenvalue weighted by Crippen LogP contribution is -2.34. The van der Waals surface area contributed by atoms with E-state index in [4.69, 9.17) is 10.5 Å². The minimum Gasteiger partial charge on any atom is -0.383 e. The third-order valence-corrected chi connectivity index (χ3v) is 2.63. The predicted molar refractivity (Wildman–Crippen MR) is 65.9 cm³/mol. The molecule has 0 saturated carbocycles. The molecule has 4 nitrogen and oxygen atoms in total. The van der Waals surface area contributed by atoms with Gasteiger partial charge in [0.15, 0.2) is 5.78 Å². The molecule has 2 N–H and O–H groups in total. The van der Waals surface area contributed by atoms with Crippen LogP contribution in [0.5, 0.6) is 0 Å². The smallest absolute Gasteiger partial charge is 0.182 e. The van der Waals surface area contributed by atoms with Crippen molar-refractivity contribution in [1.29, 1.82) is 0 Å². The van der Waals surface area contributed by atoms with Gasteiger partial charge in [-0.05, 0) is 11.5 Å². The van der Waals surface area contributed by atoms with Crippen molar-refractivity contribution in [2.45, 2.75) is 6.04 Å². The van der Waals surface area contributed by atoms with Gasteiger partial charge in [-0.25, -0.2) is 0 Å². The number of aromatic nitrogens is 1. The van der Waals surface area contributed by atoms with Crippen molar-refractivity contribution in [2.75, 3.05) is 13.7 Å². The second-order valence-electron chi connectivity index (χ2n) is 3.83. The van der Waals surface area contributed by atoms with Crippen LogP contribution in [0.3, 0.4) is 0 Å². The van der Waals surface area contributed by atoms with Crippen LogP contribution in [0.25, 0.3) is 10.8 Å². The van der Waals surface area contributed by atoms with Gasteiger partial charge < -0.3 is 10.5 Å². The minimum atomic E-state index is -0.634. The number of Topliss-reactive ketones (excluding diaryl/α,β-unsaturated/α-hetero) is 1. The van der Waals surface area contributed by atoms with E-state index in [9.17, 15) is 4.79 Å². The van der Waals surface area contributed by atoms with E-state index in [2.05, 4.69) is 4.98 Å². The van der Waals surface area contributed by atoms with Gasteiger partial charge in [0.05, 0.1) is 12.6 Å². The number of carbonyl (C=O) groups excluding carboxylic acids is 1. The maximum absolute atomic E-state index is 12.1. The molecule has 2 aromatic rings. The maximum atomic E-state index is 12.1. The van der Waals surface area contributed by atoms with E-state index in [0.29, 0.717) is 5.56 Å². The van der Waals surface area contributed by atoms with E-state index in [1.54, 1.807) is 18.5 Å². The summed E-state index contributed by atoms with van der Waals surface area (Å²) in [4.78, 5) is 16.2. The Morgan fingerprint density at radius 1 is 1.47 bits per heavy atom. The molecule has 0 radical (unpaired) electrons. The lowest BCUT2D eigenvalue weighted by atomic mass is 9.99. The molecule has 0 bridgehead atoms. The Bertz CT molecular complexity index is 534. The van der Waals surface area contributed by atoms with E-state index >= 15 is 0 Å². The molecule has 17 heavy (non-hydrogen) atoms. The van der Waals surface area contributed by atoms with Crippen molar-refractivity contribution >= 4 is 16.6 Å². The highest BCUT2D eigenvalue weighted by Gasteiger charge is 2.17. The Hall–Kier alpha value is -1.78. The number of hydrogen-bond donors (Lipinski definition) is 1. The van der Waals surface area contributed by atoms with Crippen molar-refractivity contribution in [2.24, 2.45) is 5.73 Å². The summed E-state index contributed by atoms with van der Waals surface area (Å²) >= 11 is 0. The number of rotatable bonds is 4. The van der Waals surface area contributed by atoms with E-state index in [1.165, 1.54) is 7.11 Å². The lowest BCUT2D eigenvalue weighted by Gasteiger charge is -2.11. The molecule has 2 rings (SSSR count). The maximum Gasteiger partial charge on any atom is 0.182 e. The first-order valence-electron chi connectivity index (χ1n) is 5.35. The summed E-state index contributed by atoms with van der Waals surface area (Å²) in [6, 6.07) is 6.78. The number of carbonyl (C=O) groups is 1. The quantitative estimate of drug-likeness (QED) is 0.806. The predicted octanol–water partition coefficient (Wildman–Crippen LogP) is 1.39. The molecule has 0 fully saturated rings. The fraction of sp³-hybridized carbons (Fsp3) is 0.231. The van der Waals surface area contributed by atoms with Gasteiger partial charge in [-0.3, -0.25) is 9.78 Å². The number of ketones is 1. The number of hydrogen-bond acceptors (Lipinski definition) is 4. The Balaban J connectivity index is 2.45. The number of ether oxygens (including phenoxy) is 1. The molecule has 0 aliphatic heterocycles. The van der Waals surface area contributed by atoms with Gasteiger partial charge in [0, 0.05) is 30.5 Å². The van der Waals surface area contributed by atoms with Crippen LogP contribution < -0.4 is 5.73 Å². The molecule has 1 atom stereocenters. The van der Waals surface area contributed by atoms with Crippen molar-refractivity contribution in [3.8, 4) is 0 Å². The summed E-state index contributed by atoms with van der Waals surface area (Å²) in [6.45, 7) is 0.218. The van der Waals surface area contributed by atoms with Crippen molar-refractivity contribution in [1.82, 2.24) is 4.98 Å². The van der Waals surface area contributed by atoms with Crippen LogP contribution in [0.1, 0.15) is 10.4 Å².